The van der Waals surface area contributed by atoms with E-state index in [4.69, 9.17) is 21.9 Å². The lowest BCUT2D eigenvalue weighted by Crippen LogP contribution is -2.35. The minimum Gasteiger partial charge on any atom is -0.338 e. The molecule has 112 valence electrons. The van der Waals surface area contributed by atoms with Gasteiger partial charge in [0.05, 0.1) is 5.41 Å². The lowest BCUT2D eigenvalue weighted by atomic mass is 9.80. The second-order valence-corrected chi connectivity index (χ2v) is 6.27. The molecule has 1 aliphatic carbocycles. The normalized spacial score (nSPS) is 18.4. The summed E-state index contributed by atoms with van der Waals surface area (Å²) in [5.74, 6) is 1.27. The van der Waals surface area contributed by atoms with Crippen LogP contribution in [-0.2, 0) is 5.41 Å². The second-order valence-electron chi connectivity index (χ2n) is 5.83. The average molecular weight is 306 g/mol. The van der Waals surface area contributed by atoms with E-state index in [1.165, 1.54) is 25.7 Å². The highest BCUT2D eigenvalue weighted by molar-refractivity contribution is 6.30. The lowest BCUT2D eigenvalue weighted by Gasteiger charge is -2.26. The number of halogens is 1. The fourth-order valence-electron chi connectivity index (χ4n) is 3.09. The van der Waals surface area contributed by atoms with Crippen molar-refractivity contribution in [3.05, 3.63) is 35.2 Å². The molecule has 1 aromatic heterocycles. The van der Waals surface area contributed by atoms with Crippen LogP contribution in [0, 0.1) is 0 Å². The van der Waals surface area contributed by atoms with Gasteiger partial charge in [-0.1, -0.05) is 54.6 Å². The minimum atomic E-state index is -0.152. The van der Waals surface area contributed by atoms with E-state index in [0.29, 0.717) is 23.3 Å². The van der Waals surface area contributed by atoms with Crippen LogP contribution >= 0.6 is 11.6 Å². The molecule has 0 atom stereocenters. The van der Waals surface area contributed by atoms with E-state index in [0.717, 1.165) is 18.4 Å². The van der Waals surface area contributed by atoms with Crippen LogP contribution in [0.15, 0.2) is 28.8 Å². The highest BCUT2D eigenvalue weighted by Crippen LogP contribution is 2.37. The zero-order valence-corrected chi connectivity index (χ0v) is 12.8. The maximum Gasteiger partial charge on any atom is 0.234 e. The van der Waals surface area contributed by atoms with Crippen LogP contribution in [0.5, 0.6) is 0 Å². The molecule has 5 heteroatoms. The van der Waals surface area contributed by atoms with Crippen LogP contribution < -0.4 is 5.73 Å². The Labute approximate surface area is 129 Å². The number of nitrogens with two attached hydrogens (primary N) is 1. The van der Waals surface area contributed by atoms with Gasteiger partial charge in [0.25, 0.3) is 0 Å². The smallest absolute Gasteiger partial charge is 0.234 e. The van der Waals surface area contributed by atoms with Crippen molar-refractivity contribution in [3.63, 3.8) is 0 Å². The number of hydrogen-bond donors (Lipinski definition) is 1. The summed E-state index contributed by atoms with van der Waals surface area (Å²) in [6.07, 6.45) is 6.92. The van der Waals surface area contributed by atoms with Gasteiger partial charge in [0, 0.05) is 17.1 Å². The number of nitrogens with zero attached hydrogens (tertiary/aromatic N) is 2. The summed E-state index contributed by atoms with van der Waals surface area (Å²) in [6.45, 7) is 0.560. The van der Waals surface area contributed by atoms with Crippen molar-refractivity contribution in [2.45, 2.75) is 43.9 Å². The molecule has 3 rings (SSSR count). The van der Waals surface area contributed by atoms with E-state index in [9.17, 15) is 0 Å². The Bertz CT molecular complexity index is 603. The van der Waals surface area contributed by atoms with Gasteiger partial charge < -0.3 is 10.3 Å². The molecule has 0 aliphatic heterocycles. The zero-order valence-electron chi connectivity index (χ0n) is 12.0. The molecule has 0 spiro atoms. The van der Waals surface area contributed by atoms with Crippen molar-refractivity contribution < 1.29 is 4.52 Å². The molecule has 0 bridgehead atoms. The fraction of sp³-hybridized carbons (Fsp3) is 0.500. The molecule has 2 aromatic rings. The van der Waals surface area contributed by atoms with Gasteiger partial charge in [-0.05, 0) is 25.0 Å². The van der Waals surface area contributed by atoms with Crippen molar-refractivity contribution in [1.82, 2.24) is 10.1 Å². The molecule has 1 saturated carbocycles. The molecule has 0 unspecified atom stereocenters. The van der Waals surface area contributed by atoms with Crippen molar-refractivity contribution in [3.8, 4) is 11.4 Å². The molecular formula is C16H20ClN3O. The van der Waals surface area contributed by atoms with Crippen molar-refractivity contribution in [2.75, 3.05) is 6.54 Å². The molecule has 1 aromatic carbocycles. The molecule has 1 heterocycles. The van der Waals surface area contributed by atoms with Crippen LogP contribution in [0.1, 0.15) is 44.4 Å². The first-order valence-corrected chi connectivity index (χ1v) is 7.91. The Balaban J connectivity index is 1.92. The fourth-order valence-corrected chi connectivity index (χ4v) is 3.28. The second kappa shape index (κ2) is 6.16. The Hall–Kier alpha value is -1.39. The van der Waals surface area contributed by atoms with Crippen LogP contribution in [0.25, 0.3) is 11.4 Å². The topological polar surface area (TPSA) is 64.9 Å². The largest absolute Gasteiger partial charge is 0.338 e. The zero-order chi connectivity index (χ0) is 14.7. The summed E-state index contributed by atoms with van der Waals surface area (Å²) >= 11 is 6.02. The van der Waals surface area contributed by atoms with Crippen LogP contribution in [0.3, 0.4) is 0 Å². The predicted octanol–water partition coefficient (Wildman–Crippen LogP) is 3.94. The SMILES string of the molecule is NCC1(c2nc(-c3cccc(Cl)c3)no2)CCCCCC1. The Morgan fingerprint density at radius 2 is 1.95 bits per heavy atom. The molecule has 1 aliphatic rings. The summed E-state index contributed by atoms with van der Waals surface area (Å²) in [5, 5.41) is 4.79. The van der Waals surface area contributed by atoms with Gasteiger partial charge >= 0.3 is 0 Å². The van der Waals surface area contributed by atoms with Gasteiger partial charge in [-0.15, -0.1) is 0 Å². The van der Waals surface area contributed by atoms with Gasteiger partial charge in [-0.2, -0.15) is 4.98 Å². The van der Waals surface area contributed by atoms with Crippen LogP contribution in [-0.4, -0.2) is 16.7 Å². The summed E-state index contributed by atoms with van der Waals surface area (Å²) < 4.78 is 5.56. The lowest BCUT2D eigenvalue weighted by molar-refractivity contribution is 0.257. The highest BCUT2D eigenvalue weighted by atomic mass is 35.5. The minimum absolute atomic E-state index is 0.152. The van der Waals surface area contributed by atoms with E-state index in [1.54, 1.807) is 0 Å². The first kappa shape index (κ1) is 14.5. The summed E-state index contributed by atoms with van der Waals surface area (Å²) in [7, 11) is 0. The van der Waals surface area contributed by atoms with E-state index in [2.05, 4.69) is 10.1 Å². The first-order valence-electron chi connectivity index (χ1n) is 7.54. The first-order chi connectivity index (χ1) is 10.2. The molecule has 1 fully saturated rings. The van der Waals surface area contributed by atoms with Crippen molar-refractivity contribution >= 4 is 11.6 Å². The Morgan fingerprint density at radius 3 is 2.62 bits per heavy atom. The maximum absolute atomic E-state index is 6.06. The molecule has 21 heavy (non-hydrogen) atoms. The third-order valence-corrected chi connectivity index (χ3v) is 4.65. The average Bonchev–Trinajstić information content (AvgIpc) is 2.87. The summed E-state index contributed by atoms with van der Waals surface area (Å²) in [4.78, 5) is 4.61. The summed E-state index contributed by atoms with van der Waals surface area (Å²) in [6, 6.07) is 7.50. The monoisotopic (exact) mass is 305 g/mol. The highest BCUT2D eigenvalue weighted by Gasteiger charge is 2.37. The van der Waals surface area contributed by atoms with Gasteiger partial charge in [0.2, 0.25) is 11.7 Å². The van der Waals surface area contributed by atoms with Crippen LogP contribution in [0.4, 0.5) is 0 Å². The number of rotatable bonds is 3. The number of aromatic nitrogens is 2. The van der Waals surface area contributed by atoms with Gasteiger partial charge in [-0.25, -0.2) is 0 Å². The molecular weight excluding hydrogens is 286 g/mol. The maximum atomic E-state index is 6.06. The van der Waals surface area contributed by atoms with E-state index in [-0.39, 0.29) is 5.41 Å². The van der Waals surface area contributed by atoms with Crippen molar-refractivity contribution in [2.24, 2.45) is 5.73 Å². The quantitative estimate of drug-likeness (QED) is 0.872. The number of hydrogen-bond acceptors (Lipinski definition) is 4. The van der Waals surface area contributed by atoms with Gasteiger partial charge in [0.1, 0.15) is 0 Å². The molecule has 0 radical (unpaired) electrons. The Kier molecular flexibility index (Phi) is 4.27. The summed E-state index contributed by atoms with van der Waals surface area (Å²) in [5.41, 5.74) is 6.78. The van der Waals surface area contributed by atoms with Crippen LogP contribution in [0.2, 0.25) is 5.02 Å². The van der Waals surface area contributed by atoms with Crippen molar-refractivity contribution in [1.29, 1.82) is 0 Å². The Morgan fingerprint density at radius 1 is 1.19 bits per heavy atom. The predicted molar refractivity (Wildman–Crippen MR) is 83.2 cm³/mol. The third kappa shape index (κ3) is 2.97. The van der Waals surface area contributed by atoms with E-state index in [1.807, 2.05) is 24.3 Å². The number of benzene rings is 1. The standard InChI is InChI=1S/C16H20ClN3O/c17-13-7-5-6-12(10-13)14-19-15(21-20-14)16(11-18)8-3-1-2-4-9-16/h5-7,10H,1-4,8-9,11,18H2. The molecule has 0 amide bonds. The molecule has 0 saturated heterocycles. The van der Waals surface area contributed by atoms with Gasteiger partial charge in [0.15, 0.2) is 0 Å². The van der Waals surface area contributed by atoms with E-state index >= 15 is 0 Å². The molecule has 2 N–H and O–H groups in total. The molecule has 4 nitrogen and oxygen atoms in total. The van der Waals surface area contributed by atoms with E-state index < -0.39 is 0 Å². The van der Waals surface area contributed by atoms with Gasteiger partial charge in [-0.3, -0.25) is 0 Å². The third-order valence-electron chi connectivity index (χ3n) is 4.41.